The summed E-state index contributed by atoms with van der Waals surface area (Å²) in [6, 6.07) is 0. The highest BCUT2D eigenvalue weighted by molar-refractivity contribution is 5.18. The molecule has 0 saturated carbocycles. The first kappa shape index (κ1) is 7.28. The lowest BCUT2D eigenvalue weighted by Gasteiger charge is -1.95. The third-order valence-corrected chi connectivity index (χ3v) is 1.38. The van der Waals surface area contributed by atoms with Crippen LogP contribution in [0.3, 0.4) is 0 Å². The van der Waals surface area contributed by atoms with Gasteiger partial charge in [-0.3, -0.25) is 5.10 Å². The van der Waals surface area contributed by atoms with Gasteiger partial charge >= 0.3 is 0 Å². The van der Waals surface area contributed by atoms with Crippen LogP contribution in [0.2, 0.25) is 0 Å². The van der Waals surface area contributed by atoms with Crippen molar-refractivity contribution in [3.63, 3.8) is 0 Å². The zero-order chi connectivity index (χ0) is 7.40. The lowest BCUT2D eigenvalue weighted by atomic mass is 10.2. The van der Waals surface area contributed by atoms with E-state index < -0.39 is 0 Å². The number of aromatic amines is 1. The Morgan fingerprint density at radius 1 is 1.80 bits per heavy atom. The third-order valence-electron chi connectivity index (χ3n) is 1.38. The molecule has 3 heteroatoms. The Morgan fingerprint density at radius 2 is 2.60 bits per heavy atom. The molecule has 1 rings (SSSR count). The number of rotatable bonds is 3. The maximum Gasteiger partial charge on any atom is 0.0658 e. The van der Waals surface area contributed by atoms with Crippen LogP contribution in [-0.4, -0.2) is 23.9 Å². The highest BCUT2D eigenvalue weighted by atomic mass is 16.5. The lowest BCUT2D eigenvalue weighted by molar-refractivity contribution is 0.202. The molecule has 0 saturated heterocycles. The Hall–Kier alpha value is -0.830. The first-order chi connectivity index (χ1) is 4.84. The second kappa shape index (κ2) is 3.37. The highest BCUT2D eigenvalue weighted by Gasteiger charge is 1.98. The number of nitrogens with zero attached hydrogens (tertiary/aromatic N) is 1. The lowest BCUT2D eigenvalue weighted by Crippen LogP contribution is -1.94. The van der Waals surface area contributed by atoms with Gasteiger partial charge < -0.3 is 4.74 Å². The van der Waals surface area contributed by atoms with Gasteiger partial charge in [0.25, 0.3) is 0 Å². The van der Waals surface area contributed by atoms with Gasteiger partial charge in [-0.15, -0.1) is 0 Å². The third kappa shape index (κ3) is 1.57. The second-order valence-corrected chi connectivity index (χ2v) is 2.10. The topological polar surface area (TPSA) is 37.9 Å². The Morgan fingerprint density at radius 3 is 3.10 bits per heavy atom. The zero-order valence-electron chi connectivity index (χ0n) is 6.05. The molecule has 0 unspecified atom stereocenters. The molecule has 1 radical (unpaired) electrons. The van der Waals surface area contributed by atoms with Crippen molar-refractivity contribution in [2.45, 2.75) is 6.42 Å². The van der Waals surface area contributed by atoms with E-state index in [4.69, 9.17) is 4.74 Å². The van der Waals surface area contributed by atoms with Gasteiger partial charge in [-0.2, -0.15) is 5.10 Å². The fraction of sp³-hybridized carbons (Fsp3) is 0.429. The van der Waals surface area contributed by atoms with E-state index in [-0.39, 0.29) is 0 Å². The molecule has 1 aromatic rings. The maximum atomic E-state index is 4.90. The van der Waals surface area contributed by atoms with Crippen LogP contribution in [0.4, 0.5) is 0 Å². The van der Waals surface area contributed by atoms with Crippen LogP contribution >= 0.6 is 0 Å². The summed E-state index contributed by atoms with van der Waals surface area (Å²) in [5.74, 6) is 0. The van der Waals surface area contributed by atoms with Crippen LogP contribution in [0, 0.1) is 6.92 Å². The summed E-state index contributed by atoms with van der Waals surface area (Å²) in [5.41, 5.74) is 1.94. The van der Waals surface area contributed by atoms with E-state index in [1.165, 1.54) is 0 Å². The average Bonchev–Trinajstić information content (AvgIpc) is 2.31. The van der Waals surface area contributed by atoms with Gasteiger partial charge in [-0.05, 0) is 18.9 Å². The summed E-state index contributed by atoms with van der Waals surface area (Å²) in [6.45, 7) is 4.46. The van der Waals surface area contributed by atoms with Gasteiger partial charge in [0.05, 0.1) is 12.3 Å². The molecule has 0 aliphatic carbocycles. The summed E-state index contributed by atoms with van der Waals surface area (Å²) in [6.07, 6.45) is 2.73. The molecule has 3 nitrogen and oxygen atoms in total. The fourth-order valence-electron chi connectivity index (χ4n) is 0.772. The SMILES string of the molecule is [CH2]c1n[nH]cc1CCOC. The van der Waals surface area contributed by atoms with E-state index in [2.05, 4.69) is 17.1 Å². The predicted molar refractivity (Wildman–Crippen MR) is 38.6 cm³/mol. The highest BCUT2D eigenvalue weighted by Crippen LogP contribution is 2.02. The standard InChI is InChI=1S/C7H11N2O/c1-6-7(3-4-10-2)5-8-9-6/h5H,1,3-4H2,2H3,(H,8,9). The van der Waals surface area contributed by atoms with Crippen molar-refractivity contribution >= 4 is 0 Å². The smallest absolute Gasteiger partial charge is 0.0658 e. The van der Waals surface area contributed by atoms with Crippen molar-refractivity contribution in [1.29, 1.82) is 0 Å². The predicted octanol–water partition coefficient (Wildman–Crippen LogP) is 0.781. The van der Waals surface area contributed by atoms with E-state index in [9.17, 15) is 0 Å². The number of aromatic nitrogens is 2. The Balaban J connectivity index is 2.49. The van der Waals surface area contributed by atoms with Crippen LogP contribution < -0.4 is 0 Å². The normalized spacial score (nSPS) is 10.2. The largest absolute Gasteiger partial charge is 0.384 e. The fourth-order valence-corrected chi connectivity index (χ4v) is 0.772. The first-order valence-corrected chi connectivity index (χ1v) is 3.18. The minimum Gasteiger partial charge on any atom is -0.384 e. The van der Waals surface area contributed by atoms with Crippen molar-refractivity contribution in [3.05, 3.63) is 24.4 Å². The number of H-pyrrole nitrogens is 1. The molecule has 1 N–H and O–H groups in total. The van der Waals surface area contributed by atoms with Crippen molar-refractivity contribution in [3.8, 4) is 0 Å². The molecular weight excluding hydrogens is 128 g/mol. The molecule has 0 atom stereocenters. The molecule has 0 amide bonds. The van der Waals surface area contributed by atoms with Gasteiger partial charge in [-0.1, -0.05) is 0 Å². The molecule has 10 heavy (non-hydrogen) atoms. The molecule has 0 aliphatic heterocycles. The minimum atomic E-state index is 0.724. The van der Waals surface area contributed by atoms with E-state index in [0.717, 1.165) is 24.3 Å². The number of ether oxygens (including phenoxy) is 1. The first-order valence-electron chi connectivity index (χ1n) is 3.18. The summed E-state index contributed by atoms with van der Waals surface area (Å²) in [5, 5.41) is 6.62. The molecular formula is C7H11N2O. The molecule has 1 aromatic heterocycles. The van der Waals surface area contributed by atoms with E-state index in [1.54, 1.807) is 7.11 Å². The van der Waals surface area contributed by atoms with Crippen LogP contribution in [0.15, 0.2) is 6.20 Å². The Bertz CT molecular complexity index is 195. The molecule has 0 fully saturated rings. The van der Waals surface area contributed by atoms with Crippen LogP contribution in [0.1, 0.15) is 11.3 Å². The Labute approximate surface area is 60.4 Å². The van der Waals surface area contributed by atoms with Crippen LogP contribution in [-0.2, 0) is 11.2 Å². The van der Waals surface area contributed by atoms with Crippen LogP contribution in [0.5, 0.6) is 0 Å². The number of hydrogen-bond donors (Lipinski definition) is 1. The minimum absolute atomic E-state index is 0.724. The summed E-state index contributed by atoms with van der Waals surface area (Å²) in [4.78, 5) is 0. The monoisotopic (exact) mass is 139 g/mol. The number of nitrogens with one attached hydrogen (secondary N) is 1. The molecule has 1 heterocycles. The Kier molecular flexibility index (Phi) is 2.45. The molecule has 55 valence electrons. The van der Waals surface area contributed by atoms with Crippen molar-refractivity contribution in [2.24, 2.45) is 0 Å². The van der Waals surface area contributed by atoms with Gasteiger partial charge in [0, 0.05) is 13.3 Å². The van der Waals surface area contributed by atoms with Gasteiger partial charge in [0.15, 0.2) is 0 Å². The van der Waals surface area contributed by atoms with E-state index >= 15 is 0 Å². The molecule has 0 aromatic carbocycles. The van der Waals surface area contributed by atoms with Gasteiger partial charge in [0.2, 0.25) is 0 Å². The number of methoxy groups -OCH3 is 1. The maximum absolute atomic E-state index is 4.90. The summed E-state index contributed by atoms with van der Waals surface area (Å²) < 4.78 is 4.90. The van der Waals surface area contributed by atoms with Crippen molar-refractivity contribution < 1.29 is 4.74 Å². The summed E-state index contributed by atoms with van der Waals surface area (Å²) >= 11 is 0. The number of hydrogen-bond acceptors (Lipinski definition) is 2. The van der Waals surface area contributed by atoms with E-state index in [1.807, 2.05) is 6.20 Å². The summed E-state index contributed by atoms with van der Waals surface area (Å²) in [7, 11) is 1.68. The van der Waals surface area contributed by atoms with Crippen molar-refractivity contribution in [2.75, 3.05) is 13.7 Å². The van der Waals surface area contributed by atoms with Crippen molar-refractivity contribution in [1.82, 2.24) is 10.2 Å². The molecule has 0 aliphatic rings. The quantitative estimate of drug-likeness (QED) is 0.672. The molecule has 0 spiro atoms. The van der Waals surface area contributed by atoms with Crippen LogP contribution in [0.25, 0.3) is 0 Å². The van der Waals surface area contributed by atoms with E-state index in [0.29, 0.717) is 0 Å². The second-order valence-electron chi connectivity index (χ2n) is 2.10. The van der Waals surface area contributed by atoms with Gasteiger partial charge in [0.1, 0.15) is 0 Å². The molecule has 0 bridgehead atoms. The average molecular weight is 139 g/mol. The van der Waals surface area contributed by atoms with Gasteiger partial charge in [-0.25, -0.2) is 0 Å². The zero-order valence-corrected chi connectivity index (χ0v) is 6.05.